The van der Waals surface area contributed by atoms with Crippen LogP contribution >= 0.6 is 0 Å². The maximum atomic E-state index is 12.7. The van der Waals surface area contributed by atoms with E-state index in [4.69, 9.17) is 4.74 Å². The van der Waals surface area contributed by atoms with Crippen LogP contribution < -0.4 is 5.32 Å². The van der Waals surface area contributed by atoms with Crippen LogP contribution in [0, 0.1) is 181 Å². The molecule has 0 aliphatic carbocycles. The van der Waals surface area contributed by atoms with Crippen LogP contribution in [0.5, 0.6) is 0 Å². The summed E-state index contributed by atoms with van der Waals surface area (Å²) in [7, 11) is 0. The van der Waals surface area contributed by atoms with Gasteiger partial charge in [0.05, 0.1) is 110 Å². The van der Waals surface area contributed by atoms with Crippen LogP contribution in [0.2, 0.25) is 0 Å². The molecule has 0 aromatic heterocycles. The minimum absolute atomic E-state index is 0.130. The Morgan fingerprint density at radius 1 is 0.185 bits per heavy atom. The first kappa shape index (κ1) is 121. The first-order chi connectivity index (χ1) is 63.4. The molecule has 0 fully saturated rings. The molecule has 0 spiro atoms. The van der Waals surface area contributed by atoms with E-state index in [0.29, 0.717) is 208 Å². The van der Waals surface area contributed by atoms with Crippen molar-refractivity contribution in [1.82, 2.24) is 78.8 Å². The zero-order valence-electron chi connectivity index (χ0n) is 80.2. The van der Waals surface area contributed by atoms with Crippen molar-refractivity contribution in [2.24, 2.45) is 0 Å². The summed E-state index contributed by atoms with van der Waals surface area (Å²) in [5.41, 5.74) is -0.620. The third kappa shape index (κ3) is 74.2. The molecule has 0 bridgehead atoms. The summed E-state index contributed by atoms with van der Waals surface area (Å²) < 4.78 is 5.56. The Labute approximate surface area is 785 Å². The monoisotopic (exact) mass is 1790 g/mol. The molecule has 0 saturated carbocycles. The van der Waals surface area contributed by atoms with Crippen molar-refractivity contribution in [2.75, 3.05) is 301 Å². The van der Waals surface area contributed by atoms with Gasteiger partial charge in [-0.1, -0.05) is 12.8 Å². The van der Waals surface area contributed by atoms with Gasteiger partial charge in [-0.3, -0.25) is 4.90 Å². The normalized spacial score (nSPS) is 11.4. The van der Waals surface area contributed by atoms with Gasteiger partial charge < -0.3 is 78.7 Å². The minimum Gasteiger partial charge on any atom is -0.444 e. The summed E-state index contributed by atoms with van der Waals surface area (Å²) in [6.07, 6.45) is 17.7. The molecule has 130 heavy (non-hydrogen) atoms. The van der Waals surface area contributed by atoms with Gasteiger partial charge in [0, 0.05) is 227 Å². The van der Waals surface area contributed by atoms with E-state index in [1.807, 2.05) is 25.7 Å². The quantitative estimate of drug-likeness (QED) is 0.0437. The zero-order chi connectivity index (χ0) is 95.5. The fraction of sp³-hybridized carbons (Fsp3) is 0.823. The molecule has 1 N–H and O–H groups in total. The van der Waals surface area contributed by atoms with Gasteiger partial charge in [-0.25, -0.2) is 4.79 Å². The Kier molecular flexibility index (Phi) is 82.3. The minimum atomic E-state index is -0.620. The topological polar surface area (TPSA) is 468 Å². The van der Waals surface area contributed by atoms with Crippen molar-refractivity contribution < 1.29 is 9.53 Å². The fourth-order valence-electron chi connectivity index (χ4n) is 15.9. The number of alkyl carbamates (subject to hydrolysis) is 1. The number of carbonyl (C=O) groups excluding carboxylic acids is 1. The molecule has 0 saturated heterocycles. The first-order valence-electron chi connectivity index (χ1n) is 48.2. The number of rotatable bonds is 90. The molecule has 34 nitrogen and oxygen atoms in total. The molecular weight excluding hydrogens is 1630 g/mol. The second-order valence-electron chi connectivity index (χ2n) is 34.3. The number of carbonyl (C=O) groups is 1. The van der Waals surface area contributed by atoms with E-state index in [0.717, 1.165) is 266 Å². The lowest BCUT2D eigenvalue weighted by Crippen LogP contribution is -2.43. The Morgan fingerprint density at radius 3 is 0.485 bits per heavy atom. The Morgan fingerprint density at radius 2 is 0.323 bits per heavy atom. The zero-order valence-corrected chi connectivity index (χ0v) is 80.2. The van der Waals surface area contributed by atoms with E-state index >= 15 is 0 Å². The van der Waals surface area contributed by atoms with Crippen LogP contribution in [-0.4, -0.2) is 386 Å². The lowest BCUT2D eigenvalue weighted by atomic mass is 10.2. The van der Waals surface area contributed by atoms with Crippen LogP contribution in [0.15, 0.2) is 0 Å². The van der Waals surface area contributed by atoms with Gasteiger partial charge in [-0.05, 0) is 255 Å². The van der Waals surface area contributed by atoms with Crippen molar-refractivity contribution in [3.05, 3.63) is 0 Å². The third-order valence-electron chi connectivity index (χ3n) is 22.8. The molecule has 0 atom stereocenters. The number of ether oxygens (including phenoxy) is 1. The fourth-order valence-corrected chi connectivity index (χ4v) is 15.9. The lowest BCUT2D eigenvalue weighted by Gasteiger charge is -2.32. The van der Waals surface area contributed by atoms with Crippen molar-refractivity contribution in [1.29, 1.82) is 84.2 Å². The van der Waals surface area contributed by atoms with Crippen LogP contribution in [0.25, 0.3) is 0 Å². The van der Waals surface area contributed by atoms with Gasteiger partial charge >= 0.3 is 6.09 Å². The summed E-state index contributed by atoms with van der Waals surface area (Å²) in [6.45, 7) is 36.9. The van der Waals surface area contributed by atoms with E-state index in [-0.39, 0.29) is 13.1 Å². The van der Waals surface area contributed by atoms with Crippen molar-refractivity contribution in [3.63, 3.8) is 0 Å². The SMILES string of the molecule is CC(C)(C)OC(=O)NCCCCCCN(CCN(CCCN(CCCN(CCC#N)CCC#N)CCCN(CCC#N)CCC#N)CCCN(CCCN(CCC#N)CCC#N)CCCN(CCC#N)CCC#N)CCN(CCCN(CCCN(CCC#N)CCC#N)CCCN(CCC#N)CCC#N)CCCN(CCCN(CCC#N)CCC#N)CCN(CC#N)CC#N. The molecule has 34 heteroatoms. The van der Waals surface area contributed by atoms with Gasteiger partial charge in [-0.15, -0.1) is 0 Å². The van der Waals surface area contributed by atoms with E-state index in [1.54, 1.807) is 0 Å². The average molecular weight is 1790 g/mol. The summed E-state index contributed by atoms with van der Waals surface area (Å²) in [5, 5.41) is 157. The second-order valence-corrected chi connectivity index (χ2v) is 34.3. The van der Waals surface area contributed by atoms with Gasteiger partial charge in [-0.2, -0.15) is 84.2 Å². The molecule has 0 aliphatic heterocycles. The summed E-state index contributed by atoms with van der Waals surface area (Å²) in [5.74, 6) is 0. The van der Waals surface area contributed by atoms with Gasteiger partial charge in [0.25, 0.3) is 0 Å². The van der Waals surface area contributed by atoms with E-state index in [2.05, 4.69) is 171 Å². The van der Waals surface area contributed by atoms with Crippen molar-refractivity contribution in [3.8, 4) is 97.1 Å². The molecule has 0 unspecified atom stereocenters. The maximum absolute atomic E-state index is 12.7. The number of hydrogen-bond acceptors (Lipinski definition) is 33. The summed E-state index contributed by atoms with van der Waals surface area (Å²) in [4.78, 5) is 48.0. The summed E-state index contributed by atoms with van der Waals surface area (Å²) >= 11 is 0. The molecule has 0 heterocycles. The van der Waals surface area contributed by atoms with Crippen molar-refractivity contribution >= 4 is 6.09 Å². The van der Waals surface area contributed by atoms with Gasteiger partial charge in [0.15, 0.2) is 0 Å². The van der Waals surface area contributed by atoms with E-state index < -0.39 is 11.7 Å². The number of unbranched alkanes of at least 4 members (excludes halogenated alkanes) is 3. The highest BCUT2D eigenvalue weighted by Crippen LogP contribution is 2.14. The number of nitriles is 16. The lowest BCUT2D eigenvalue weighted by molar-refractivity contribution is 0.0526. The highest BCUT2D eigenvalue weighted by Gasteiger charge is 2.22. The van der Waals surface area contributed by atoms with Gasteiger partial charge in [0.2, 0.25) is 0 Å². The van der Waals surface area contributed by atoms with Crippen LogP contribution in [0.4, 0.5) is 4.79 Å². The first-order valence-corrected chi connectivity index (χ1v) is 48.2. The smallest absolute Gasteiger partial charge is 0.407 e. The standard InChI is InChI=1S/C96H160N32O2/c1-96(2,3)130-95(129)113-49-6-4-5-7-50-127(93-90-125(85-32-86-126(91-94-128(87-47-111)88-48-112)81-28-71-120(63-20-45-109)64-21-46-110)84-31-80-123(76-26-69-118(59-16-41-105)60-17-42-106)77-27-70-119(61-18-43-107)62-19-44-108)92-89-124(82-29-78-121(72-22-65-114(51-8-33-97)52-9-34-98)73-23-66-115(53-10-35-99)54-11-36-100)83-30-79-122(74-24-67-116(55-12-37-101)56-13-38-102)75-25-68-117(57-14-39-103)58-15-40-104/h4-32,49-94H2,1-3H3,(H,113,129). The molecule has 0 aliphatic rings. The van der Waals surface area contributed by atoms with Crippen LogP contribution in [-0.2, 0) is 4.74 Å². The van der Waals surface area contributed by atoms with Crippen molar-refractivity contribution in [2.45, 2.75) is 213 Å². The highest BCUT2D eigenvalue weighted by molar-refractivity contribution is 5.67. The maximum Gasteiger partial charge on any atom is 0.407 e. The predicted molar refractivity (Wildman–Crippen MR) is 505 cm³/mol. The molecule has 0 aromatic carbocycles. The number of nitrogens with one attached hydrogen (secondary N) is 1. The molecule has 716 valence electrons. The Balaban J connectivity index is 8.47. The molecule has 0 radical (unpaired) electrons. The van der Waals surface area contributed by atoms with E-state index in [9.17, 15) is 89.0 Å². The Hall–Kier alpha value is -9.49. The molecular formula is C96H160N32O2. The average Bonchev–Trinajstić information content (AvgIpc) is 0.928. The molecule has 1 amide bonds. The largest absolute Gasteiger partial charge is 0.444 e. The van der Waals surface area contributed by atoms with Crippen LogP contribution in [0.3, 0.4) is 0 Å². The summed E-state index contributed by atoms with van der Waals surface area (Å²) in [6, 6.07) is 36.4. The van der Waals surface area contributed by atoms with Gasteiger partial charge in [0.1, 0.15) is 5.60 Å². The number of amides is 1. The second kappa shape index (κ2) is 88.8. The van der Waals surface area contributed by atoms with E-state index in [1.165, 1.54) is 0 Å². The number of hydrogen-bond donors (Lipinski definition) is 1. The molecule has 0 aromatic rings. The number of nitrogens with zero attached hydrogens (tertiary/aromatic N) is 31. The molecule has 0 rings (SSSR count). The third-order valence-corrected chi connectivity index (χ3v) is 22.8. The predicted octanol–water partition coefficient (Wildman–Crippen LogP) is 9.73. The van der Waals surface area contributed by atoms with Crippen LogP contribution in [0.1, 0.15) is 207 Å². The Bertz CT molecular complexity index is 3180. The highest BCUT2D eigenvalue weighted by atomic mass is 16.6.